The molecule has 0 saturated carbocycles. The summed E-state index contributed by atoms with van der Waals surface area (Å²) in [6.07, 6.45) is 3.14. The van der Waals surface area contributed by atoms with Crippen LogP contribution in [0.5, 0.6) is 0 Å². The first-order valence-corrected chi connectivity index (χ1v) is 6.44. The number of hydrogen-bond donors (Lipinski definition) is 0. The second-order valence-electron chi connectivity index (χ2n) is 4.47. The molecule has 3 aromatic rings. The summed E-state index contributed by atoms with van der Waals surface area (Å²) in [4.78, 5) is 0. The third-order valence-corrected chi connectivity index (χ3v) is 3.63. The Bertz CT molecular complexity index is 718. The molecule has 0 amide bonds. The highest BCUT2D eigenvalue weighted by molar-refractivity contribution is 6.30. The Morgan fingerprint density at radius 2 is 2.05 bits per heavy atom. The molecule has 0 fully saturated rings. The molecule has 0 aromatic carbocycles. The molecule has 3 heterocycles. The van der Waals surface area contributed by atoms with E-state index < -0.39 is 0 Å². The average molecular weight is 277 g/mol. The second kappa shape index (κ2) is 4.66. The van der Waals surface area contributed by atoms with Crippen LogP contribution in [-0.2, 0) is 12.8 Å². The van der Waals surface area contributed by atoms with Crippen LogP contribution in [0.1, 0.15) is 22.7 Å². The monoisotopic (exact) mass is 276 g/mol. The van der Waals surface area contributed by atoms with Gasteiger partial charge in [-0.3, -0.25) is 0 Å². The lowest BCUT2D eigenvalue weighted by Crippen LogP contribution is -2.03. The van der Waals surface area contributed by atoms with Crippen molar-refractivity contribution in [2.24, 2.45) is 0 Å². The SMILES string of the molecule is Cc1c(Cl)nn2c(CCc3ccco3)nnc2c1C. The predicted octanol–water partition coefficient (Wildman–Crippen LogP) is 2.77. The Morgan fingerprint density at radius 1 is 1.21 bits per heavy atom. The Balaban J connectivity index is 1.96. The van der Waals surface area contributed by atoms with Gasteiger partial charge in [0, 0.05) is 18.4 Å². The van der Waals surface area contributed by atoms with E-state index in [1.54, 1.807) is 10.8 Å². The van der Waals surface area contributed by atoms with Gasteiger partial charge in [0.2, 0.25) is 0 Å². The maximum absolute atomic E-state index is 6.12. The fourth-order valence-electron chi connectivity index (χ4n) is 1.98. The van der Waals surface area contributed by atoms with Gasteiger partial charge in [-0.05, 0) is 31.5 Å². The number of rotatable bonds is 3. The molecule has 0 radical (unpaired) electrons. The summed E-state index contributed by atoms with van der Waals surface area (Å²) < 4.78 is 7.02. The van der Waals surface area contributed by atoms with Gasteiger partial charge in [0.25, 0.3) is 0 Å². The molecule has 3 aromatic heterocycles. The summed E-state index contributed by atoms with van der Waals surface area (Å²) in [5.74, 6) is 1.71. The highest BCUT2D eigenvalue weighted by Gasteiger charge is 2.13. The largest absolute Gasteiger partial charge is 0.469 e. The Hall–Kier alpha value is -1.88. The molecular formula is C13H13ClN4O. The highest BCUT2D eigenvalue weighted by atomic mass is 35.5. The summed E-state index contributed by atoms with van der Waals surface area (Å²) in [6.45, 7) is 3.91. The number of fused-ring (bicyclic) bond motifs is 1. The minimum Gasteiger partial charge on any atom is -0.469 e. The molecule has 19 heavy (non-hydrogen) atoms. The van der Waals surface area contributed by atoms with Gasteiger partial charge in [0.1, 0.15) is 5.76 Å². The normalized spacial score (nSPS) is 11.3. The minimum absolute atomic E-state index is 0.490. The standard InChI is InChI=1S/C13H13ClN4O/c1-8-9(2)13-16-15-11(18(13)17-12(8)14)6-5-10-4-3-7-19-10/h3-4,7H,5-6H2,1-2H3. The molecule has 0 bridgehead atoms. The van der Waals surface area contributed by atoms with Crippen LogP contribution in [0.4, 0.5) is 0 Å². The van der Waals surface area contributed by atoms with Gasteiger partial charge >= 0.3 is 0 Å². The molecule has 6 heteroatoms. The molecule has 0 spiro atoms. The Morgan fingerprint density at radius 3 is 2.79 bits per heavy atom. The molecule has 0 aliphatic carbocycles. The van der Waals surface area contributed by atoms with Crippen molar-refractivity contribution in [3.05, 3.63) is 46.3 Å². The van der Waals surface area contributed by atoms with Crippen LogP contribution in [-0.4, -0.2) is 19.8 Å². The van der Waals surface area contributed by atoms with Gasteiger partial charge in [-0.15, -0.1) is 10.2 Å². The fraction of sp³-hybridized carbons (Fsp3) is 0.308. The molecule has 0 saturated heterocycles. The summed E-state index contributed by atoms with van der Waals surface area (Å²) in [5, 5.41) is 13.2. The van der Waals surface area contributed by atoms with Crippen molar-refractivity contribution in [2.45, 2.75) is 26.7 Å². The molecule has 0 aliphatic heterocycles. The molecule has 5 nitrogen and oxygen atoms in total. The minimum atomic E-state index is 0.490. The van der Waals surface area contributed by atoms with E-state index in [1.165, 1.54) is 0 Å². The average Bonchev–Trinajstić information content (AvgIpc) is 3.03. The molecule has 0 aliphatic rings. The molecule has 98 valence electrons. The van der Waals surface area contributed by atoms with Crippen molar-refractivity contribution in [3.63, 3.8) is 0 Å². The van der Waals surface area contributed by atoms with Gasteiger partial charge in [-0.1, -0.05) is 11.6 Å². The van der Waals surface area contributed by atoms with Crippen LogP contribution in [0.2, 0.25) is 5.15 Å². The van der Waals surface area contributed by atoms with E-state index in [1.807, 2.05) is 26.0 Å². The van der Waals surface area contributed by atoms with Crippen molar-refractivity contribution in [2.75, 3.05) is 0 Å². The molecule has 0 unspecified atom stereocenters. The van der Waals surface area contributed by atoms with E-state index >= 15 is 0 Å². The highest BCUT2D eigenvalue weighted by Crippen LogP contribution is 2.20. The molecule has 0 atom stereocenters. The van der Waals surface area contributed by atoms with Crippen LogP contribution < -0.4 is 0 Å². The van der Waals surface area contributed by atoms with Crippen LogP contribution in [0.3, 0.4) is 0 Å². The number of furan rings is 1. The van der Waals surface area contributed by atoms with Crippen LogP contribution in [0.25, 0.3) is 5.65 Å². The van der Waals surface area contributed by atoms with Gasteiger partial charge in [0.15, 0.2) is 16.6 Å². The van der Waals surface area contributed by atoms with Crippen LogP contribution >= 0.6 is 11.6 Å². The fourth-order valence-corrected chi connectivity index (χ4v) is 2.20. The lowest BCUT2D eigenvalue weighted by atomic mass is 10.2. The zero-order chi connectivity index (χ0) is 13.4. The third kappa shape index (κ3) is 2.10. The lowest BCUT2D eigenvalue weighted by molar-refractivity contribution is 0.505. The van der Waals surface area contributed by atoms with Crippen molar-refractivity contribution in [1.82, 2.24) is 19.8 Å². The van der Waals surface area contributed by atoms with Crippen molar-refractivity contribution in [1.29, 1.82) is 0 Å². The van der Waals surface area contributed by atoms with Gasteiger partial charge in [-0.25, -0.2) is 0 Å². The topological polar surface area (TPSA) is 56.2 Å². The van der Waals surface area contributed by atoms with Crippen molar-refractivity contribution < 1.29 is 4.42 Å². The first kappa shape index (κ1) is 12.2. The smallest absolute Gasteiger partial charge is 0.181 e. The van der Waals surface area contributed by atoms with Crippen LogP contribution in [0.15, 0.2) is 22.8 Å². The predicted molar refractivity (Wildman–Crippen MR) is 71.4 cm³/mol. The first-order valence-electron chi connectivity index (χ1n) is 6.06. The maximum atomic E-state index is 6.12. The number of aromatic nitrogens is 4. The van der Waals surface area contributed by atoms with Crippen molar-refractivity contribution in [3.8, 4) is 0 Å². The van der Waals surface area contributed by atoms with Gasteiger partial charge < -0.3 is 4.42 Å². The van der Waals surface area contributed by atoms with E-state index in [0.717, 1.165) is 34.8 Å². The Kier molecular flexibility index (Phi) is 2.98. The molecule has 3 rings (SSSR count). The summed E-state index contributed by atoms with van der Waals surface area (Å²) >= 11 is 6.12. The third-order valence-electron chi connectivity index (χ3n) is 3.28. The first-order chi connectivity index (χ1) is 9.16. The van der Waals surface area contributed by atoms with E-state index in [4.69, 9.17) is 16.0 Å². The summed E-state index contributed by atoms with van der Waals surface area (Å²) in [5.41, 5.74) is 2.72. The van der Waals surface area contributed by atoms with E-state index in [2.05, 4.69) is 15.3 Å². The van der Waals surface area contributed by atoms with E-state index in [9.17, 15) is 0 Å². The lowest BCUT2D eigenvalue weighted by Gasteiger charge is -2.04. The summed E-state index contributed by atoms with van der Waals surface area (Å²) in [7, 11) is 0. The van der Waals surface area contributed by atoms with E-state index in [0.29, 0.717) is 11.6 Å². The molecular weight excluding hydrogens is 264 g/mol. The maximum Gasteiger partial charge on any atom is 0.181 e. The van der Waals surface area contributed by atoms with Crippen molar-refractivity contribution >= 4 is 17.2 Å². The number of aryl methyl sites for hydroxylation is 3. The molecule has 0 N–H and O–H groups in total. The van der Waals surface area contributed by atoms with E-state index in [-0.39, 0.29) is 0 Å². The number of hydrogen-bond acceptors (Lipinski definition) is 4. The number of nitrogens with zero attached hydrogens (tertiary/aromatic N) is 4. The second-order valence-corrected chi connectivity index (χ2v) is 4.83. The zero-order valence-electron chi connectivity index (χ0n) is 10.7. The Labute approximate surface area is 115 Å². The zero-order valence-corrected chi connectivity index (χ0v) is 11.5. The van der Waals surface area contributed by atoms with Crippen LogP contribution in [0, 0.1) is 13.8 Å². The van der Waals surface area contributed by atoms with Gasteiger partial charge in [0.05, 0.1) is 6.26 Å². The van der Waals surface area contributed by atoms with Gasteiger partial charge in [-0.2, -0.15) is 9.61 Å². The number of halogens is 1. The quantitative estimate of drug-likeness (QED) is 0.738. The summed E-state index contributed by atoms with van der Waals surface area (Å²) in [6, 6.07) is 3.82.